The van der Waals surface area contributed by atoms with E-state index in [1.165, 1.54) is 0 Å². The van der Waals surface area contributed by atoms with Crippen molar-refractivity contribution in [3.63, 3.8) is 0 Å². The highest BCUT2D eigenvalue weighted by molar-refractivity contribution is 7.92. The number of anilines is 1. The highest BCUT2D eigenvalue weighted by Crippen LogP contribution is 2.31. The Labute approximate surface area is 143 Å². The molecule has 0 aliphatic carbocycles. The Balaban J connectivity index is 2.45. The van der Waals surface area contributed by atoms with Crippen molar-refractivity contribution < 1.29 is 13.2 Å². The number of hydrogen-bond donors (Lipinski definition) is 2. The van der Waals surface area contributed by atoms with Gasteiger partial charge in [0.1, 0.15) is 5.75 Å². The second kappa shape index (κ2) is 6.12. The Morgan fingerprint density at radius 2 is 1.75 bits per heavy atom. The van der Waals surface area contributed by atoms with Crippen LogP contribution in [0.15, 0.2) is 17.0 Å². The molecule has 132 valence electrons. The van der Waals surface area contributed by atoms with Crippen molar-refractivity contribution in [1.29, 1.82) is 0 Å². The monoisotopic (exact) mass is 351 g/mol. The molecule has 1 aromatic carbocycles. The van der Waals surface area contributed by atoms with Gasteiger partial charge in [0.25, 0.3) is 10.0 Å². The quantitative estimate of drug-likeness (QED) is 0.884. The van der Waals surface area contributed by atoms with Gasteiger partial charge in [-0.25, -0.2) is 8.42 Å². The first-order valence-electron chi connectivity index (χ1n) is 7.71. The Morgan fingerprint density at radius 3 is 2.25 bits per heavy atom. The summed E-state index contributed by atoms with van der Waals surface area (Å²) in [5.41, 5.74) is 2.83. The molecule has 0 saturated carbocycles. The molecule has 0 amide bonds. The molecular formula is C17H25N3O3S. The number of H-pyrrole nitrogens is 1. The van der Waals surface area contributed by atoms with E-state index in [0.29, 0.717) is 16.9 Å². The molecule has 2 rings (SSSR count). The van der Waals surface area contributed by atoms with Gasteiger partial charge in [-0.05, 0) is 43.5 Å². The number of sulfonamides is 1. The van der Waals surface area contributed by atoms with Crippen LogP contribution in [0.5, 0.6) is 5.75 Å². The standard InChI is InChI=1S/C17H25N3O3S/c1-10-8-13(23-7)11(2)12(3)16(10)24(21,22)20-15-9-14(18-19-15)17(4,5)6/h8-9H,1-7H3,(H2,18,19,20). The van der Waals surface area contributed by atoms with Crippen molar-refractivity contribution in [3.05, 3.63) is 34.5 Å². The molecule has 0 aliphatic heterocycles. The first-order chi connectivity index (χ1) is 11.0. The summed E-state index contributed by atoms with van der Waals surface area (Å²) in [6.07, 6.45) is 0. The van der Waals surface area contributed by atoms with Crippen LogP contribution in [0.2, 0.25) is 0 Å². The molecule has 0 unspecified atom stereocenters. The molecule has 24 heavy (non-hydrogen) atoms. The Morgan fingerprint density at radius 1 is 1.12 bits per heavy atom. The molecule has 0 saturated heterocycles. The van der Waals surface area contributed by atoms with Crippen LogP contribution in [0.25, 0.3) is 0 Å². The van der Waals surface area contributed by atoms with E-state index in [4.69, 9.17) is 4.74 Å². The number of ether oxygens (including phenoxy) is 1. The molecule has 0 spiro atoms. The zero-order valence-electron chi connectivity index (χ0n) is 15.2. The largest absolute Gasteiger partial charge is 0.496 e. The third-order valence-electron chi connectivity index (χ3n) is 4.09. The van der Waals surface area contributed by atoms with Crippen LogP contribution in [0.1, 0.15) is 43.2 Å². The smallest absolute Gasteiger partial charge is 0.263 e. The fourth-order valence-electron chi connectivity index (χ4n) is 2.59. The van der Waals surface area contributed by atoms with E-state index in [1.807, 2.05) is 27.7 Å². The van der Waals surface area contributed by atoms with Gasteiger partial charge in [0.05, 0.1) is 12.0 Å². The van der Waals surface area contributed by atoms with Crippen molar-refractivity contribution in [2.45, 2.75) is 51.9 Å². The highest BCUT2D eigenvalue weighted by atomic mass is 32.2. The summed E-state index contributed by atoms with van der Waals surface area (Å²) in [5.74, 6) is 0.964. The van der Waals surface area contributed by atoms with Gasteiger partial charge in [0, 0.05) is 17.2 Å². The average Bonchev–Trinajstić information content (AvgIpc) is 2.90. The van der Waals surface area contributed by atoms with Gasteiger partial charge in [0.15, 0.2) is 5.82 Å². The van der Waals surface area contributed by atoms with Crippen LogP contribution in [0.3, 0.4) is 0 Å². The van der Waals surface area contributed by atoms with Gasteiger partial charge < -0.3 is 4.74 Å². The lowest BCUT2D eigenvalue weighted by Crippen LogP contribution is -2.17. The topological polar surface area (TPSA) is 84.1 Å². The lowest BCUT2D eigenvalue weighted by atomic mass is 9.92. The fourth-order valence-corrected chi connectivity index (χ4v) is 4.11. The number of rotatable bonds is 4. The number of hydrogen-bond acceptors (Lipinski definition) is 4. The molecule has 0 fully saturated rings. The van der Waals surface area contributed by atoms with Crippen LogP contribution in [0.4, 0.5) is 5.82 Å². The predicted molar refractivity (Wildman–Crippen MR) is 95.3 cm³/mol. The summed E-state index contributed by atoms with van der Waals surface area (Å²) in [5, 5.41) is 6.95. The third kappa shape index (κ3) is 3.40. The fraction of sp³-hybridized carbons (Fsp3) is 0.471. The minimum absolute atomic E-state index is 0.140. The normalized spacial score (nSPS) is 12.3. The molecule has 0 atom stereocenters. The molecular weight excluding hydrogens is 326 g/mol. The number of aryl methyl sites for hydroxylation is 1. The van der Waals surface area contributed by atoms with Crippen LogP contribution in [0, 0.1) is 20.8 Å². The Kier molecular flexibility index (Phi) is 4.68. The Hall–Kier alpha value is -2.02. The summed E-state index contributed by atoms with van der Waals surface area (Å²) in [4.78, 5) is 0.265. The molecule has 7 heteroatoms. The molecule has 1 aromatic heterocycles. The van der Waals surface area contributed by atoms with E-state index < -0.39 is 10.0 Å². The van der Waals surface area contributed by atoms with E-state index >= 15 is 0 Å². The number of nitrogens with one attached hydrogen (secondary N) is 2. The SMILES string of the molecule is COc1cc(C)c(S(=O)(=O)Nc2cc(C(C)(C)C)[nH]n2)c(C)c1C. The molecule has 0 bridgehead atoms. The Bertz CT molecular complexity index is 862. The van der Waals surface area contributed by atoms with Crippen molar-refractivity contribution in [3.8, 4) is 5.75 Å². The van der Waals surface area contributed by atoms with Gasteiger partial charge in [-0.1, -0.05) is 20.8 Å². The average molecular weight is 351 g/mol. The second-order valence-corrected chi connectivity index (χ2v) is 8.62. The van der Waals surface area contributed by atoms with E-state index in [0.717, 1.165) is 11.3 Å². The van der Waals surface area contributed by atoms with Gasteiger partial charge in [-0.2, -0.15) is 5.10 Å². The van der Waals surface area contributed by atoms with Crippen molar-refractivity contribution in [1.82, 2.24) is 10.2 Å². The van der Waals surface area contributed by atoms with Crippen molar-refractivity contribution in [2.24, 2.45) is 0 Å². The summed E-state index contributed by atoms with van der Waals surface area (Å²) in [6, 6.07) is 3.46. The molecule has 6 nitrogen and oxygen atoms in total. The number of methoxy groups -OCH3 is 1. The number of nitrogens with zero attached hydrogens (tertiary/aromatic N) is 1. The summed E-state index contributed by atoms with van der Waals surface area (Å²) >= 11 is 0. The summed E-state index contributed by atoms with van der Waals surface area (Å²) in [6.45, 7) is 11.5. The van der Waals surface area contributed by atoms with Gasteiger partial charge in [0.2, 0.25) is 0 Å². The van der Waals surface area contributed by atoms with Crippen molar-refractivity contribution >= 4 is 15.8 Å². The third-order valence-corrected chi connectivity index (χ3v) is 5.74. The first kappa shape index (κ1) is 18.3. The molecule has 0 aliphatic rings. The highest BCUT2D eigenvalue weighted by Gasteiger charge is 2.25. The molecule has 2 aromatic rings. The van der Waals surface area contributed by atoms with E-state index in [1.54, 1.807) is 33.1 Å². The van der Waals surface area contributed by atoms with Crippen LogP contribution in [-0.4, -0.2) is 25.7 Å². The van der Waals surface area contributed by atoms with Gasteiger partial charge >= 0.3 is 0 Å². The minimum Gasteiger partial charge on any atom is -0.496 e. The molecule has 1 heterocycles. The predicted octanol–water partition coefficient (Wildman–Crippen LogP) is 3.44. The number of aromatic nitrogens is 2. The molecule has 0 radical (unpaired) electrons. The maximum atomic E-state index is 12.8. The van der Waals surface area contributed by atoms with E-state index in [-0.39, 0.29) is 16.1 Å². The lowest BCUT2D eigenvalue weighted by molar-refractivity contribution is 0.410. The van der Waals surface area contributed by atoms with E-state index in [9.17, 15) is 8.42 Å². The number of benzene rings is 1. The maximum Gasteiger partial charge on any atom is 0.263 e. The van der Waals surface area contributed by atoms with E-state index in [2.05, 4.69) is 14.9 Å². The maximum absolute atomic E-state index is 12.8. The first-order valence-corrected chi connectivity index (χ1v) is 9.19. The van der Waals surface area contributed by atoms with Crippen LogP contribution >= 0.6 is 0 Å². The molecule has 2 N–H and O–H groups in total. The van der Waals surface area contributed by atoms with Crippen LogP contribution in [-0.2, 0) is 15.4 Å². The zero-order valence-corrected chi connectivity index (χ0v) is 16.1. The van der Waals surface area contributed by atoms with Crippen LogP contribution < -0.4 is 9.46 Å². The number of aromatic amines is 1. The lowest BCUT2D eigenvalue weighted by Gasteiger charge is -2.16. The van der Waals surface area contributed by atoms with Gasteiger partial charge in [-0.3, -0.25) is 9.82 Å². The van der Waals surface area contributed by atoms with Crippen molar-refractivity contribution in [2.75, 3.05) is 11.8 Å². The summed E-state index contributed by atoms with van der Waals surface area (Å²) < 4.78 is 33.6. The minimum atomic E-state index is -3.74. The summed E-state index contributed by atoms with van der Waals surface area (Å²) in [7, 11) is -2.17. The van der Waals surface area contributed by atoms with Gasteiger partial charge in [-0.15, -0.1) is 0 Å². The zero-order chi connectivity index (χ0) is 18.3. The second-order valence-electron chi connectivity index (χ2n) is 7.00.